The quantitative estimate of drug-likeness (QED) is 0.234. The molecule has 47 heavy (non-hydrogen) atoms. The zero-order valence-corrected chi connectivity index (χ0v) is 29.0. The highest BCUT2D eigenvalue weighted by atomic mass is 32.3. The van der Waals surface area contributed by atoms with Crippen LogP contribution in [0.3, 0.4) is 0 Å². The van der Waals surface area contributed by atoms with Crippen molar-refractivity contribution in [2.75, 3.05) is 63.0 Å². The summed E-state index contributed by atoms with van der Waals surface area (Å²) in [5.74, 6) is -3.85. The Kier molecular flexibility index (Phi) is 8.57. The molecule has 0 aromatic heterocycles. The maximum absolute atomic E-state index is 15.8. The predicted octanol–water partition coefficient (Wildman–Crippen LogP) is 9.13. The maximum Gasteiger partial charge on any atom is 0.380 e. The Hall–Kier alpha value is -3.86. The first-order chi connectivity index (χ1) is 21.7. The first-order valence-electron chi connectivity index (χ1n) is 14.5. The van der Waals surface area contributed by atoms with Crippen LogP contribution in [0.4, 0.5) is 37.7 Å². The molecule has 0 bridgehead atoms. The summed E-state index contributed by atoms with van der Waals surface area (Å²) in [7, 11) is 2.65. The number of hydrogen-bond donors (Lipinski definition) is 0. The first-order valence-corrected chi connectivity index (χ1v) is 19.4. The zero-order chi connectivity index (χ0) is 34.7. The van der Waals surface area contributed by atoms with E-state index in [-0.39, 0.29) is 9.81 Å². The SMILES string of the molecule is CN(C)c1ccc(C#CC2=CC=C(C3=C(C4=CC=C(C#Cc5ccc(N(C)C)cc5)S4(C)C)C(F)(F)C(F)(F)C3(F)F)S2(C)C)cc1. The van der Waals surface area contributed by atoms with Gasteiger partial charge in [-0.3, -0.25) is 0 Å². The number of anilines is 2. The van der Waals surface area contributed by atoms with E-state index in [1.807, 2.05) is 86.5 Å². The smallest absolute Gasteiger partial charge is 0.378 e. The second kappa shape index (κ2) is 11.7. The van der Waals surface area contributed by atoms with Crippen LogP contribution in [0, 0.1) is 23.7 Å². The van der Waals surface area contributed by atoms with Crippen LogP contribution in [0.5, 0.6) is 0 Å². The lowest BCUT2D eigenvalue weighted by molar-refractivity contribution is -0.263. The summed E-state index contributed by atoms with van der Waals surface area (Å²) in [4.78, 5) is 4.27. The average Bonchev–Trinajstić information content (AvgIpc) is 3.48. The summed E-state index contributed by atoms with van der Waals surface area (Å²) < 4.78 is 93.8. The summed E-state index contributed by atoms with van der Waals surface area (Å²) >= 11 is 0. The molecule has 0 saturated heterocycles. The Labute approximate surface area is 276 Å². The Morgan fingerprint density at radius 1 is 0.489 bits per heavy atom. The fraction of sp³-hybridized carbons (Fsp3) is 0.297. The number of hydrogen-bond acceptors (Lipinski definition) is 2. The van der Waals surface area contributed by atoms with Crippen molar-refractivity contribution in [3.8, 4) is 23.7 Å². The molecule has 0 radical (unpaired) electrons. The summed E-state index contributed by atoms with van der Waals surface area (Å²) in [6.07, 6.45) is 12.0. The van der Waals surface area contributed by atoms with Gasteiger partial charge in [0, 0.05) is 70.3 Å². The van der Waals surface area contributed by atoms with Gasteiger partial charge in [-0.2, -0.15) is 46.4 Å². The van der Waals surface area contributed by atoms with Crippen molar-refractivity contribution in [3.63, 3.8) is 0 Å². The minimum Gasteiger partial charge on any atom is -0.378 e. The molecule has 2 nitrogen and oxygen atoms in total. The summed E-state index contributed by atoms with van der Waals surface area (Å²) in [5, 5.41) is 0. The van der Waals surface area contributed by atoms with Crippen LogP contribution in [0.25, 0.3) is 0 Å². The van der Waals surface area contributed by atoms with Crippen LogP contribution >= 0.6 is 20.1 Å². The Morgan fingerprint density at radius 3 is 1.11 bits per heavy atom. The van der Waals surface area contributed by atoms with Gasteiger partial charge in [-0.05, 0) is 97.9 Å². The number of halogens is 6. The highest BCUT2D eigenvalue weighted by molar-refractivity contribution is 8.39. The van der Waals surface area contributed by atoms with E-state index in [0.29, 0.717) is 20.9 Å². The molecule has 2 heterocycles. The van der Waals surface area contributed by atoms with Crippen molar-refractivity contribution in [1.82, 2.24) is 0 Å². The predicted molar refractivity (Wildman–Crippen MR) is 188 cm³/mol. The van der Waals surface area contributed by atoms with Gasteiger partial charge >= 0.3 is 17.8 Å². The van der Waals surface area contributed by atoms with Gasteiger partial charge in [-0.1, -0.05) is 23.7 Å². The molecular formula is C37H36F6N2S2. The van der Waals surface area contributed by atoms with Crippen molar-refractivity contribution in [2.45, 2.75) is 17.8 Å². The molecule has 2 aromatic rings. The highest BCUT2D eigenvalue weighted by Crippen LogP contribution is 2.74. The van der Waals surface area contributed by atoms with E-state index >= 15 is 26.3 Å². The molecule has 5 rings (SSSR count). The van der Waals surface area contributed by atoms with Gasteiger partial charge in [-0.25, -0.2) is 0 Å². The second-order valence-corrected chi connectivity index (χ2v) is 19.7. The molecule has 0 saturated carbocycles. The monoisotopic (exact) mass is 686 g/mol. The van der Waals surface area contributed by atoms with Crippen LogP contribution in [0.15, 0.2) is 104 Å². The molecule has 0 amide bonds. The fourth-order valence-electron chi connectivity index (χ4n) is 5.57. The number of benzene rings is 2. The molecule has 2 aromatic carbocycles. The van der Waals surface area contributed by atoms with Crippen molar-refractivity contribution in [2.24, 2.45) is 0 Å². The fourth-order valence-corrected chi connectivity index (χ4v) is 9.77. The molecule has 248 valence electrons. The standard InChI is InChI=1S/C37H36F6N2S2/c1-44(2)27-15-9-25(10-16-27)13-19-29-21-23-31(46(29,5)6)33-34(36(40,41)37(42,43)35(33,38)39)32-24-22-30(47(32,7)8)20-14-26-11-17-28(18-12-26)45(3)4/h9-12,15-18,21-24H,1-8H3. The van der Waals surface area contributed by atoms with Crippen molar-refractivity contribution in [1.29, 1.82) is 0 Å². The van der Waals surface area contributed by atoms with Crippen LogP contribution in [-0.2, 0) is 0 Å². The van der Waals surface area contributed by atoms with Gasteiger partial charge in [0.05, 0.1) is 11.1 Å². The van der Waals surface area contributed by atoms with E-state index in [2.05, 4.69) is 23.7 Å². The third kappa shape index (κ3) is 5.60. The minimum atomic E-state index is -5.64. The van der Waals surface area contributed by atoms with E-state index in [0.717, 1.165) is 11.4 Å². The van der Waals surface area contributed by atoms with E-state index in [9.17, 15) is 0 Å². The van der Waals surface area contributed by atoms with E-state index in [1.165, 1.54) is 24.3 Å². The number of rotatable bonds is 4. The van der Waals surface area contributed by atoms with Gasteiger partial charge < -0.3 is 9.80 Å². The number of nitrogens with zero attached hydrogens (tertiary/aromatic N) is 2. The van der Waals surface area contributed by atoms with Gasteiger partial charge in [0.15, 0.2) is 0 Å². The van der Waals surface area contributed by atoms with Gasteiger partial charge in [0.1, 0.15) is 0 Å². The molecule has 0 atom stereocenters. The van der Waals surface area contributed by atoms with E-state index in [4.69, 9.17) is 0 Å². The zero-order valence-electron chi connectivity index (χ0n) is 27.4. The van der Waals surface area contributed by atoms with Crippen LogP contribution in [-0.4, -0.2) is 71.0 Å². The van der Waals surface area contributed by atoms with Gasteiger partial charge in [-0.15, -0.1) is 0 Å². The molecule has 0 unspecified atom stereocenters. The Bertz CT molecular complexity index is 1760. The molecule has 0 N–H and O–H groups in total. The molecule has 3 aliphatic rings. The second-order valence-electron chi connectivity index (χ2n) is 12.6. The molecule has 0 spiro atoms. The first kappa shape index (κ1) is 34.5. The third-order valence-electron chi connectivity index (χ3n) is 8.56. The van der Waals surface area contributed by atoms with E-state index in [1.54, 1.807) is 25.0 Å². The average molecular weight is 687 g/mol. The van der Waals surface area contributed by atoms with E-state index < -0.39 is 49.0 Å². The van der Waals surface area contributed by atoms with Crippen LogP contribution in [0.1, 0.15) is 11.1 Å². The van der Waals surface area contributed by atoms with Gasteiger partial charge in [0.25, 0.3) is 0 Å². The lowest BCUT2D eigenvalue weighted by Gasteiger charge is -2.36. The molecule has 1 aliphatic carbocycles. The summed E-state index contributed by atoms with van der Waals surface area (Å²) in [6.45, 7) is 0. The van der Waals surface area contributed by atoms with Crippen LogP contribution < -0.4 is 9.80 Å². The minimum absolute atomic E-state index is 0.224. The normalized spacial score (nSPS) is 22.4. The topological polar surface area (TPSA) is 6.48 Å². The molecule has 0 fully saturated rings. The summed E-state index contributed by atoms with van der Waals surface area (Å²) in [6, 6.07) is 14.8. The molecular weight excluding hydrogens is 651 g/mol. The largest absolute Gasteiger partial charge is 0.380 e. The lowest BCUT2D eigenvalue weighted by atomic mass is 10.1. The number of alkyl halides is 6. The van der Waals surface area contributed by atoms with Gasteiger partial charge in [0.2, 0.25) is 0 Å². The maximum atomic E-state index is 15.8. The van der Waals surface area contributed by atoms with Crippen molar-refractivity contribution in [3.05, 3.63) is 115 Å². The van der Waals surface area contributed by atoms with Crippen LogP contribution in [0.2, 0.25) is 0 Å². The third-order valence-corrected chi connectivity index (χ3v) is 14.1. The number of allylic oxidation sites excluding steroid dienone is 8. The van der Waals surface area contributed by atoms with Crippen molar-refractivity contribution >= 4 is 31.4 Å². The highest BCUT2D eigenvalue weighted by Gasteiger charge is 2.81. The molecule has 10 heteroatoms. The Balaban J connectivity index is 1.53. The molecule has 2 aliphatic heterocycles. The van der Waals surface area contributed by atoms with Crippen molar-refractivity contribution < 1.29 is 26.3 Å². The summed E-state index contributed by atoms with van der Waals surface area (Å²) in [5.41, 5.74) is 0.653. The Morgan fingerprint density at radius 2 is 0.809 bits per heavy atom. The lowest BCUT2D eigenvalue weighted by Crippen LogP contribution is -2.49.